The van der Waals surface area contributed by atoms with Crippen LogP contribution in [0.3, 0.4) is 0 Å². The van der Waals surface area contributed by atoms with E-state index in [2.05, 4.69) is 0 Å². The van der Waals surface area contributed by atoms with Gasteiger partial charge < -0.3 is 9.64 Å². The van der Waals surface area contributed by atoms with Crippen LogP contribution < -0.4 is 0 Å². The molecule has 1 aromatic rings. The fourth-order valence-corrected chi connectivity index (χ4v) is 7.04. The highest BCUT2D eigenvalue weighted by molar-refractivity contribution is 7.89. The van der Waals surface area contributed by atoms with Gasteiger partial charge in [-0.2, -0.15) is 4.31 Å². The van der Waals surface area contributed by atoms with Gasteiger partial charge >= 0.3 is 0 Å². The van der Waals surface area contributed by atoms with Crippen molar-refractivity contribution in [2.75, 3.05) is 39.4 Å². The third kappa shape index (κ3) is 4.30. The zero-order chi connectivity index (χ0) is 21.2. The van der Waals surface area contributed by atoms with Crippen molar-refractivity contribution < 1.29 is 17.9 Å². The molecule has 0 radical (unpaired) electrons. The van der Waals surface area contributed by atoms with E-state index in [1.807, 2.05) is 17.9 Å². The molecule has 166 valence electrons. The molecule has 0 atom stereocenters. The lowest BCUT2D eigenvalue weighted by Crippen LogP contribution is -2.44. The molecule has 4 rings (SSSR count). The minimum Gasteiger partial charge on any atom is -0.379 e. The number of amides is 1. The van der Waals surface area contributed by atoms with Gasteiger partial charge in [-0.15, -0.1) is 0 Å². The van der Waals surface area contributed by atoms with E-state index in [0.29, 0.717) is 43.7 Å². The molecule has 1 aliphatic carbocycles. The van der Waals surface area contributed by atoms with Crippen LogP contribution >= 0.6 is 0 Å². The molecule has 7 heteroatoms. The smallest absolute Gasteiger partial charge is 0.253 e. The van der Waals surface area contributed by atoms with E-state index in [-0.39, 0.29) is 10.8 Å². The summed E-state index contributed by atoms with van der Waals surface area (Å²) in [6, 6.07) is 5.22. The Bertz CT molecular complexity index is 861. The normalized spacial score (nSPS) is 22.9. The summed E-state index contributed by atoms with van der Waals surface area (Å²) in [4.78, 5) is 15.4. The summed E-state index contributed by atoms with van der Waals surface area (Å²) in [6.45, 7) is 5.04. The fraction of sp³-hybridized carbons (Fsp3) is 0.696. The Labute approximate surface area is 180 Å². The van der Waals surface area contributed by atoms with Crippen LogP contribution in [0.25, 0.3) is 0 Å². The number of hydrogen-bond donors (Lipinski definition) is 0. The number of carbonyl (C=O) groups is 1. The molecule has 6 nitrogen and oxygen atoms in total. The minimum absolute atomic E-state index is 0.0401. The predicted molar refractivity (Wildman–Crippen MR) is 116 cm³/mol. The molecule has 0 bridgehead atoms. The van der Waals surface area contributed by atoms with Gasteiger partial charge in [0, 0.05) is 31.7 Å². The number of ether oxygens (including phenoxy) is 1. The highest BCUT2D eigenvalue weighted by Gasteiger charge is 2.37. The van der Waals surface area contributed by atoms with Gasteiger partial charge in [-0.3, -0.25) is 4.79 Å². The second-order valence-corrected chi connectivity index (χ2v) is 11.0. The Morgan fingerprint density at radius 1 is 1.00 bits per heavy atom. The van der Waals surface area contributed by atoms with E-state index in [1.165, 1.54) is 36.4 Å². The average Bonchev–Trinajstić information content (AvgIpc) is 2.80. The van der Waals surface area contributed by atoms with E-state index in [9.17, 15) is 13.2 Å². The zero-order valence-corrected chi connectivity index (χ0v) is 18.9. The number of morpholine rings is 1. The summed E-state index contributed by atoms with van der Waals surface area (Å²) >= 11 is 0. The van der Waals surface area contributed by atoms with Gasteiger partial charge in [-0.1, -0.05) is 32.3 Å². The summed E-state index contributed by atoms with van der Waals surface area (Å²) in [7, 11) is -3.63. The Morgan fingerprint density at radius 3 is 2.30 bits per heavy atom. The molecule has 30 heavy (non-hydrogen) atoms. The monoisotopic (exact) mass is 434 g/mol. The van der Waals surface area contributed by atoms with Crippen molar-refractivity contribution in [3.8, 4) is 0 Å². The molecule has 3 aliphatic rings. The number of carbonyl (C=O) groups excluding carboxylic acids is 1. The topological polar surface area (TPSA) is 66.9 Å². The van der Waals surface area contributed by atoms with Gasteiger partial charge in [-0.25, -0.2) is 8.42 Å². The first-order valence-corrected chi connectivity index (χ1v) is 12.9. The largest absolute Gasteiger partial charge is 0.379 e. The van der Waals surface area contributed by atoms with Crippen molar-refractivity contribution in [3.63, 3.8) is 0 Å². The molecule has 1 saturated carbocycles. The Kier molecular flexibility index (Phi) is 6.51. The second-order valence-electron chi connectivity index (χ2n) is 9.05. The summed E-state index contributed by atoms with van der Waals surface area (Å²) in [5, 5.41) is 0. The molecule has 2 heterocycles. The number of rotatable bonds is 4. The fourth-order valence-electron chi connectivity index (χ4n) is 5.31. The van der Waals surface area contributed by atoms with Crippen LogP contribution in [0.5, 0.6) is 0 Å². The van der Waals surface area contributed by atoms with Crippen LogP contribution in [0, 0.1) is 5.41 Å². The minimum atomic E-state index is -3.63. The van der Waals surface area contributed by atoms with Gasteiger partial charge in [0.1, 0.15) is 0 Å². The Hall–Kier alpha value is -1.44. The van der Waals surface area contributed by atoms with Crippen molar-refractivity contribution in [2.45, 2.75) is 63.2 Å². The second kappa shape index (κ2) is 8.97. The van der Waals surface area contributed by atoms with E-state index in [1.54, 1.807) is 12.1 Å². The van der Waals surface area contributed by atoms with Crippen LogP contribution in [-0.2, 0) is 21.2 Å². The van der Waals surface area contributed by atoms with Gasteiger partial charge in [0.25, 0.3) is 5.91 Å². The number of benzene rings is 1. The van der Waals surface area contributed by atoms with Crippen molar-refractivity contribution in [2.24, 2.45) is 5.41 Å². The molecule has 0 aromatic heterocycles. The molecular weight excluding hydrogens is 400 g/mol. The van der Waals surface area contributed by atoms with Gasteiger partial charge in [0.15, 0.2) is 0 Å². The average molecular weight is 435 g/mol. The SMILES string of the molecule is CCc1ccc(C(=O)N2CCC3(CCCCC3)CC2)cc1S(=O)(=O)N1CCOCC1. The lowest BCUT2D eigenvalue weighted by molar-refractivity contribution is 0.0471. The zero-order valence-electron chi connectivity index (χ0n) is 18.1. The maximum absolute atomic E-state index is 13.3. The van der Waals surface area contributed by atoms with E-state index in [4.69, 9.17) is 4.74 Å². The van der Waals surface area contributed by atoms with E-state index >= 15 is 0 Å². The van der Waals surface area contributed by atoms with Gasteiger partial charge in [-0.05, 0) is 55.2 Å². The highest BCUT2D eigenvalue weighted by atomic mass is 32.2. The van der Waals surface area contributed by atoms with Gasteiger partial charge in [0.05, 0.1) is 18.1 Å². The van der Waals surface area contributed by atoms with E-state index < -0.39 is 10.0 Å². The van der Waals surface area contributed by atoms with Crippen molar-refractivity contribution in [3.05, 3.63) is 29.3 Å². The lowest BCUT2D eigenvalue weighted by Gasteiger charge is -2.44. The van der Waals surface area contributed by atoms with Crippen molar-refractivity contribution >= 4 is 15.9 Å². The first kappa shape index (κ1) is 21.8. The number of hydrogen-bond acceptors (Lipinski definition) is 4. The van der Waals surface area contributed by atoms with Crippen LogP contribution in [0.15, 0.2) is 23.1 Å². The summed E-state index contributed by atoms with van der Waals surface area (Å²) in [5.41, 5.74) is 1.68. The molecule has 1 amide bonds. The molecule has 0 unspecified atom stereocenters. The Morgan fingerprint density at radius 2 is 1.67 bits per heavy atom. The molecule has 3 fully saturated rings. The molecule has 1 aromatic carbocycles. The van der Waals surface area contributed by atoms with Crippen molar-refractivity contribution in [1.82, 2.24) is 9.21 Å². The number of sulfonamides is 1. The Balaban J connectivity index is 1.53. The highest BCUT2D eigenvalue weighted by Crippen LogP contribution is 2.44. The summed E-state index contributed by atoms with van der Waals surface area (Å²) in [5.74, 6) is -0.0401. The molecule has 2 aliphatic heterocycles. The standard InChI is InChI=1S/C23H34N2O4S/c1-2-19-6-7-20(18-21(19)30(27,28)25-14-16-29-17-15-25)22(26)24-12-10-23(11-13-24)8-4-3-5-9-23/h6-7,18H,2-5,8-17H2,1H3. The maximum atomic E-state index is 13.3. The maximum Gasteiger partial charge on any atom is 0.253 e. The first-order valence-electron chi connectivity index (χ1n) is 11.5. The third-order valence-electron chi connectivity index (χ3n) is 7.31. The number of nitrogens with zero attached hydrogens (tertiary/aromatic N) is 2. The first-order chi connectivity index (χ1) is 14.5. The molecule has 0 N–H and O–H groups in total. The van der Waals surface area contributed by atoms with Crippen molar-refractivity contribution in [1.29, 1.82) is 0 Å². The van der Waals surface area contributed by atoms with E-state index in [0.717, 1.165) is 31.5 Å². The quantitative estimate of drug-likeness (QED) is 0.728. The summed E-state index contributed by atoms with van der Waals surface area (Å²) in [6.07, 6.45) is 9.32. The van der Waals surface area contributed by atoms with Crippen LogP contribution in [-0.4, -0.2) is 62.9 Å². The number of piperidine rings is 1. The summed E-state index contributed by atoms with van der Waals surface area (Å²) < 4.78 is 33.3. The molecule has 1 spiro atoms. The third-order valence-corrected chi connectivity index (χ3v) is 9.29. The van der Waals surface area contributed by atoms with Crippen LogP contribution in [0.4, 0.5) is 0 Å². The molecular formula is C23H34N2O4S. The number of likely N-dealkylation sites (tertiary alicyclic amines) is 1. The predicted octanol–water partition coefficient (Wildman–Crippen LogP) is 3.46. The van der Waals surface area contributed by atoms with Gasteiger partial charge in [0.2, 0.25) is 10.0 Å². The van der Waals surface area contributed by atoms with Crippen LogP contribution in [0.2, 0.25) is 0 Å². The van der Waals surface area contributed by atoms with Crippen LogP contribution in [0.1, 0.15) is 67.8 Å². The lowest BCUT2D eigenvalue weighted by atomic mass is 9.68. The molecule has 2 saturated heterocycles. The number of aryl methyl sites for hydroxylation is 1.